The lowest BCUT2D eigenvalue weighted by atomic mass is 10.2. The van der Waals surface area contributed by atoms with E-state index in [0.29, 0.717) is 36.6 Å². The number of β-amino-alcohol motifs (C(OH)–C–C–N with tert-alkyl or cyclic N) is 1. The van der Waals surface area contributed by atoms with Gasteiger partial charge in [-0.15, -0.1) is 0 Å². The highest BCUT2D eigenvalue weighted by Crippen LogP contribution is 2.10. The number of nitriles is 1. The van der Waals surface area contributed by atoms with Crippen LogP contribution < -0.4 is 0 Å². The van der Waals surface area contributed by atoms with Gasteiger partial charge in [-0.2, -0.15) is 5.26 Å². The maximum Gasteiger partial charge on any atom is 0.272 e. The molecule has 0 bridgehead atoms. The molecular formula is C14H18N4O2. The van der Waals surface area contributed by atoms with E-state index in [1.165, 1.54) is 0 Å². The van der Waals surface area contributed by atoms with Gasteiger partial charge in [0.25, 0.3) is 5.91 Å². The molecule has 1 fully saturated rings. The zero-order valence-electron chi connectivity index (χ0n) is 11.5. The molecular weight excluding hydrogens is 256 g/mol. The number of rotatable bonds is 3. The van der Waals surface area contributed by atoms with E-state index < -0.39 is 0 Å². The van der Waals surface area contributed by atoms with E-state index >= 15 is 0 Å². The molecule has 106 valence electrons. The fourth-order valence-corrected chi connectivity index (χ4v) is 2.28. The molecule has 1 aliphatic heterocycles. The molecule has 0 spiro atoms. The molecule has 0 saturated carbocycles. The molecule has 20 heavy (non-hydrogen) atoms. The van der Waals surface area contributed by atoms with Gasteiger partial charge in [0.2, 0.25) is 0 Å². The maximum atomic E-state index is 12.3. The highest BCUT2D eigenvalue weighted by molar-refractivity contribution is 5.92. The van der Waals surface area contributed by atoms with E-state index in [1.807, 2.05) is 6.07 Å². The molecule has 1 aromatic heterocycles. The number of carbonyl (C=O) groups excluding carboxylic acids is 1. The zero-order chi connectivity index (χ0) is 14.5. The average Bonchev–Trinajstić information content (AvgIpc) is 2.47. The smallest absolute Gasteiger partial charge is 0.272 e. The summed E-state index contributed by atoms with van der Waals surface area (Å²) in [6.45, 7) is 5.33. The summed E-state index contributed by atoms with van der Waals surface area (Å²) in [5.41, 5.74) is 1.46. The maximum absolute atomic E-state index is 12.3. The second-order valence-electron chi connectivity index (χ2n) is 4.80. The number of amides is 1. The van der Waals surface area contributed by atoms with Gasteiger partial charge in [0, 0.05) is 32.7 Å². The largest absolute Gasteiger partial charge is 0.395 e. The Balaban J connectivity index is 2.02. The van der Waals surface area contributed by atoms with Crippen LogP contribution in [0.4, 0.5) is 0 Å². The van der Waals surface area contributed by atoms with Gasteiger partial charge < -0.3 is 10.0 Å². The summed E-state index contributed by atoms with van der Waals surface area (Å²) in [5, 5.41) is 17.8. The number of nitrogens with zero attached hydrogens (tertiary/aromatic N) is 4. The van der Waals surface area contributed by atoms with Gasteiger partial charge in [0.1, 0.15) is 11.8 Å². The van der Waals surface area contributed by atoms with Crippen molar-refractivity contribution in [1.29, 1.82) is 5.26 Å². The van der Waals surface area contributed by atoms with Crippen LogP contribution in [-0.2, 0) is 0 Å². The third-order valence-electron chi connectivity index (χ3n) is 3.50. The normalized spacial score (nSPS) is 15.9. The Bertz CT molecular complexity index is 530. The molecule has 0 aromatic carbocycles. The minimum absolute atomic E-state index is 0.0961. The molecule has 1 aromatic rings. The van der Waals surface area contributed by atoms with Crippen LogP contribution in [0.15, 0.2) is 12.1 Å². The van der Waals surface area contributed by atoms with Gasteiger partial charge >= 0.3 is 0 Å². The van der Waals surface area contributed by atoms with E-state index in [4.69, 9.17) is 10.4 Å². The summed E-state index contributed by atoms with van der Waals surface area (Å²) in [6, 6.07) is 5.28. The van der Waals surface area contributed by atoms with Gasteiger partial charge in [-0.1, -0.05) is 0 Å². The number of hydrogen-bond donors (Lipinski definition) is 1. The van der Waals surface area contributed by atoms with Crippen molar-refractivity contribution in [2.45, 2.75) is 6.92 Å². The van der Waals surface area contributed by atoms with Gasteiger partial charge in [0.15, 0.2) is 0 Å². The Kier molecular flexibility index (Phi) is 4.66. The number of hydrogen-bond acceptors (Lipinski definition) is 5. The monoisotopic (exact) mass is 274 g/mol. The predicted molar refractivity (Wildman–Crippen MR) is 73.1 cm³/mol. The van der Waals surface area contributed by atoms with Crippen LogP contribution in [-0.4, -0.2) is 65.1 Å². The Hall–Kier alpha value is -1.97. The zero-order valence-corrected chi connectivity index (χ0v) is 11.5. The summed E-state index contributed by atoms with van der Waals surface area (Å²) in [7, 11) is 0. The first-order chi connectivity index (χ1) is 9.65. The van der Waals surface area contributed by atoms with E-state index in [1.54, 1.807) is 24.0 Å². The molecule has 0 aliphatic carbocycles. The fourth-order valence-electron chi connectivity index (χ4n) is 2.28. The Morgan fingerprint density at radius 2 is 2.10 bits per heavy atom. The van der Waals surface area contributed by atoms with E-state index in [0.717, 1.165) is 13.1 Å². The van der Waals surface area contributed by atoms with E-state index in [9.17, 15) is 4.79 Å². The Morgan fingerprint density at radius 3 is 2.65 bits per heavy atom. The Labute approximate surface area is 118 Å². The van der Waals surface area contributed by atoms with Crippen molar-refractivity contribution < 1.29 is 9.90 Å². The van der Waals surface area contributed by atoms with Crippen LogP contribution >= 0.6 is 0 Å². The third kappa shape index (κ3) is 3.13. The standard InChI is InChI=1S/C14H18N4O2/c1-11-12(10-15)2-3-13(16-11)14(20)18-6-4-17(5-7-18)8-9-19/h2-3,19H,4-9H2,1H3. The van der Waals surface area contributed by atoms with Crippen LogP contribution in [0.1, 0.15) is 21.7 Å². The van der Waals surface area contributed by atoms with Crippen molar-refractivity contribution in [3.05, 3.63) is 29.1 Å². The molecule has 1 aliphatic rings. The fraction of sp³-hybridized carbons (Fsp3) is 0.500. The van der Waals surface area contributed by atoms with Crippen LogP contribution in [0.5, 0.6) is 0 Å². The van der Waals surface area contributed by atoms with Crippen molar-refractivity contribution in [3.63, 3.8) is 0 Å². The van der Waals surface area contributed by atoms with Gasteiger partial charge in [-0.3, -0.25) is 9.69 Å². The molecule has 0 atom stereocenters. The summed E-state index contributed by atoms with van der Waals surface area (Å²) in [5.74, 6) is -0.0961. The minimum atomic E-state index is -0.0961. The van der Waals surface area contributed by atoms with Crippen LogP contribution in [0.25, 0.3) is 0 Å². The average molecular weight is 274 g/mol. The first kappa shape index (κ1) is 14.4. The number of carbonyl (C=O) groups is 1. The quantitative estimate of drug-likeness (QED) is 0.840. The van der Waals surface area contributed by atoms with Crippen molar-refractivity contribution in [3.8, 4) is 6.07 Å². The number of aryl methyl sites for hydroxylation is 1. The summed E-state index contributed by atoms with van der Waals surface area (Å²) in [4.78, 5) is 20.4. The van der Waals surface area contributed by atoms with Gasteiger partial charge in [-0.05, 0) is 19.1 Å². The molecule has 1 N–H and O–H groups in total. The molecule has 2 rings (SSSR count). The first-order valence-corrected chi connectivity index (χ1v) is 6.66. The van der Waals surface area contributed by atoms with Crippen molar-refractivity contribution in [2.75, 3.05) is 39.3 Å². The lowest BCUT2D eigenvalue weighted by Crippen LogP contribution is -2.49. The number of aliphatic hydroxyl groups is 1. The number of aromatic nitrogens is 1. The molecule has 1 saturated heterocycles. The summed E-state index contributed by atoms with van der Waals surface area (Å²) >= 11 is 0. The number of aliphatic hydroxyl groups excluding tert-OH is 1. The van der Waals surface area contributed by atoms with Gasteiger partial charge in [-0.25, -0.2) is 4.98 Å². The number of pyridine rings is 1. The van der Waals surface area contributed by atoms with Crippen molar-refractivity contribution in [1.82, 2.24) is 14.8 Å². The lowest BCUT2D eigenvalue weighted by Gasteiger charge is -2.34. The van der Waals surface area contributed by atoms with Crippen LogP contribution in [0, 0.1) is 18.3 Å². The molecule has 0 unspecified atom stereocenters. The number of piperazine rings is 1. The second-order valence-corrected chi connectivity index (χ2v) is 4.80. The molecule has 0 radical (unpaired) electrons. The first-order valence-electron chi connectivity index (χ1n) is 6.66. The van der Waals surface area contributed by atoms with Gasteiger partial charge in [0.05, 0.1) is 17.9 Å². The SMILES string of the molecule is Cc1nc(C(=O)N2CCN(CCO)CC2)ccc1C#N. The topological polar surface area (TPSA) is 80.5 Å². The minimum Gasteiger partial charge on any atom is -0.395 e. The summed E-state index contributed by atoms with van der Waals surface area (Å²) in [6.07, 6.45) is 0. The molecule has 2 heterocycles. The molecule has 6 nitrogen and oxygen atoms in total. The molecule has 6 heteroatoms. The summed E-state index contributed by atoms with van der Waals surface area (Å²) < 4.78 is 0. The second kappa shape index (κ2) is 6.46. The third-order valence-corrected chi connectivity index (χ3v) is 3.50. The highest BCUT2D eigenvalue weighted by Gasteiger charge is 2.22. The van der Waals surface area contributed by atoms with Crippen LogP contribution in [0.3, 0.4) is 0 Å². The highest BCUT2D eigenvalue weighted by atomic mass is 16.3. The Morgan fingerprint density at radius 1 is 1.40 bits per heavy atom. The van der Waals surface area contributed by atoms with Crippen molar-refractivity contribution >= 4 is 5.91 Å². The predicted octanol–water partition coefficient (Wildman–Crippen LogP) is 0.0118. The van der Waals surface area contributed by atoms with E-state index in [-0.39, 0.29) is 12.5 Å². The lowest BCUT2D eigenvalue weighted by molar-refractivity contribution is 0.0609. The van der Waals surface area contributed by atoms with Crippen molar-refractivity contribution in [2.24, 2.45) is 0 Å². The molecule has 1 amide bonds. The van der Waals surface area contributed by atoms with Crippen LogP contribution in [0.2, 0.25) is 0 Å². The van der Waals surface area contributed by atoms with E-state index in [2.05, 4.69) is 9.88 Å².